The Bertz CT molecular complexity index is 1040. The number of amides is 2. The number of nitrogens with one attached hydrogen (secondary N) is 1. The molecule has 2 amide bonds. The van der Waals surface area contributed by atoms with Gasteiger partial charge in [-0.1, -0.05) is 66.2 Å². The van der Waals surface area contributed by atoms with Crippen LogP contribution in [0.4, 0.5) is 0 Å². The molecule has 0 heterocycles. The summed E-state index contributed by atoms with van der Waals surface area (Å²) in [6.45, 7) is -0.0537. The maximum atomic E-state index is 13.3. The number of halogens is 1. The molecule has 3 aromatic rings. The van der Waals surface area contributed by atoms with E-state index in [1.807, 2.05) is 54.6 Å². The third-order valence-corrected chi connectivity index (χ3v) is 5.25. The summed E-state index contributed by atoms with van der Waals surface area (Å²) < 4.78 is 10.9. The number of nitrogens with zero attached hydrogens (tertiary/aromatic N) is 1. The van der Waals surface area contributed by atoms with Crippen molar-refractivity contribution in [3.05, 3.63) is 95.0 Å². The van der Waals surface area contributed by atoms with E-state index in [0.29, 0.717) is 22.1 Å². The molecule has 0 saturated carbocycles. The van der Waals surface area contributed by atoms with Crippen LogP contribution in [-0.4, -0.2) is 37.5 Å². The SMILES string of the molecule is CNC(=O)C(c1ccccc1)N(Cc1ccc(OC)cc1)C(=O)COc1ccccc1Cl. The monoisotopic (exact) mass is 452 g/mol. The van der Waals surface area contributed by atoms with Gasteiger partial charge in [-0.2, -0.15) is 0 Å². The quantitative estimate of drug-likeness (QED) is 0.527. The molecule has 0 spiro atoms. The van der Waals surface area contributed by atoms with Crippen LogP contribution < -0.4 is 14.8 Å². The lowest BCUT2D eigenvalue weighted by Crippen LogP contribution is -2.44. The second kappa shape index (κ2) is 11.2. The predicted octanol–water partition coefficient (Wildman–Crippen LogP) is 4.24. The van der Waals surface area contributed by atoms with Crippen LogP contribution in [0.1, 0.15) is 17.2 Å². The molecule has 6 nitrogen and oxygen atoms in total. The first kappa shape index (κ1) is 23.2. The minimum Gasteiger partial charge on any atom is -0.497 e. The van der Waals surface area contributed by atoms with Gasteiger partial charge in [0.1, 0.15) is 17.5 Å². The molecule has 0 aliphatic rings. The summed E-state index contributed by atoms with van der Waals surface area (Å²) in [5.41, 5.74) is 1.55. The molecule has 7 heteroatoms. The van der Waals surface area contributed by atoms with Crippen molar-refractivity contribution in [1.82, 2.24) is 10.2 Å². The van der Waals surface area contributed by atoms with Crippen molar-refractivity contribution in [2.75, 3.05) is 20.8 Å². The van der Waals surface area contributed by atoms with Gasteiger partial charge < -0.3 is 19.7 Å². The summed E-state index contributed by atoms with van der Waals surface area (Å²) in [6.07, 6.45) is 0. The van der Waals surface area contributed by atoms with Gasteiger partial charge >= 0.3 is 0 Å². The summed E-state index contributed by atoms with van der Waals surface area (Å²) in [6, 6.07) is 22.6. The Hall–Kier alpha value is -3.51. The van der Waals surface area contributed by atoms with Crippen LogP contribution in [0.2, 0.25) is 5.02 Å². The van der Waals surface area contributed by atoms with Gasteiger partial charge in [-0.25, -0.2) is 0 Å². The number of hydrogen-bond donors (Lipinski definition) is 1. The fourth-order valence-corrected chi connectivity index (χ4v) is 3.47. The van der Waals surface area contributed by atoms with E-state index < -0.39 is 6.04 Å². The molecule has 166 valence electrons. The predicted molar refractivity (Wildman–Crippen MR) is 124 cm³/mol. The fraction of sp³-hybridized carbons (Fsp3) is 0.200. The van der Waals surface area contributed by atoms with E-state index in [-0.39, 0.29) is 25.0 Å². The van der Waals surface area contributed by atoms with Crippen LogP contribution in [0.25, 0.3) is 0 Å². The van der Waals surface area contributed by atoms with Gasteiger partial charge in [-0.15, -0.1) is 0 Å². The van der Waals surface area contributed by atoms with Crippen molar-refractivity contribution in [3.63, 3.8) is 0 Å². The molecule has 3 aromatic carbocycles. The van der Waals surface area contributed by atoms with Crippen LogP contribution in [-0.2, 0) is 16.1 Å². The van der Waals surface area contributed by atoms with Crippen LogP contribution >= 0.6 is 11.6 Å². The largest absolute Gasteiger partial charge is 0.497 e. The number of methoxy groups -OCH3 is 1. The minimum absolute atomic E-state index is 0.210. The lowest BCUT2D eigenvalue weighted by Gasteiger charge is -2.31. The fourth-order valence-electron chi connectivity index (χ4n) is 3.28. The van der Waals surface area contributed by atoms with Gasteiger partial charge in [-0.05, 0) is 35.4 Å². The number of carbonyl (C=O) groups excluding carboxylic acids is 2. The average molecular weight is 453 g/mol. The summed E-state index contributed by atoms with van der Waals surface area (Å²) >= 11 is 6.15. The van der Waals surface area contributed by atoms with Crippen molar-refractivity contribution in [3.8, 4) is 11.5 Å². The normalized spacial score (nSPS) is 11.3. The average Bonchev–Trinajstić information content (AvgIpc) is 2.83. The maximum Gasteiger partial charge on any atom is 0.261 e. The van der Waals surface area contributed by atoms with Crippen molar-refractivity contribution >= 4 is 23.4 Å². The Morgan fingerprint density at radius 3 is 2.25 bits per heavy atom. The lowest BCUT2D eigenvalue weighted by molar-refractivity contribution is -0.143. The van der Waals surface area contributed by atoms with Crippen molar-refractivity contribution < 1.29 is 19.1 Å². The zero-order valence-corrected chi connectivity index (χ0v) is 18.7. The summed E-state index contributed by atoms with van der Waals surface area (Å²) in [4.78, 5) is 27.7. The molecule has 0 aromatic heterocycles. The molecule has 1 atom stereocenters. The third-order valence-electron chi connectivity index (χ3n) is 4.94. The Morgan fingerprint density at radius 1 is 0.969 bits per heavy atom. The van der Waals surface area contributed by atoms with Crippen LogP contribution in [0.5, 0.6) is 11.5 Å². The standard InChI is InChI=1S/C25H25ClN2O4/c1-27-25(30)24(19-8-4-3-5-9-19)28(16-18-12-14-20(31-2)15-13-18)23(29)17-32-22-11-7-6-10-21(22)26/h3-15,24H,16-17H2,1-2H3,(H,27,30). The molecular formula is C25H25ClN2O4. The van der Waals surface area contributed by atoms with Gasteiger partial charge in [0.15, 0.2) is 6.61 Å². The van der Waals surface area contributed by atoms with E-state index in [1.54, 1.807) is 38.4 Å². The highest BCUT2D eigenvalue weighted by molar-refractivity contribution is 6.32. The van der Waals surface area contributed by atoms with Gasteiger partial charge in [-0.3, -0.25) is 9.59 Å². The van der Waals surface area contributed by atoms with E-state index in [9.17, 15) is 9.59 Å². The van der Waals surface area contributed by atoms with E-state index >= 15 is 0 Å². The van der Waals surface area contributed by atoms with Crippen LogP contribution in [0, 0.1) is 0 Å². The van der Waals surface area contributed by atoms with Crippen molar-refractivity contribution in [1.29, 1.82) is 0 Å². The second-order valence-electron chi connectivity index (χ2n) is 7.02. The maximum absolute atomic E-state index is 13.3. The summed E-state index contributed by atoms with van der Waals surface area (Å²) in [5.74, 6) is 0.469. The molecule has 0 saturated heterocycles. The summed E-state index contributed by atoms with van der Waals surface area (Å²) in [7, 11) is 3.14. The molecule has 1 N–H and O–H groups in total. The van der Waals surface area contributed by atoms with Crippen molar-refractivity contribution in [2.24, 2.45) is 0 Å². The Labute approximate surface area is 192 Å². The lowest BCUT2D eigenvalue weighted by atomic mass is 10.0. The Morgan fingerprint density at radius 2 is 1.62 bits per heavy atom. The van der Waals surface area contributed by atoms with Crippen LogP contribution in [0.15, 0.2) is 78.9 Å². The number of benzene rings is 3. The Kier molecular flexibility index (Phi) is 8.11. The van der Waals surface area contributed by atoms with Crippen molar-refractivity contribution in [2.45, 2.75) is 12.6 Å². The zero-order chi connectivity index (χ0) is 22.9. The number of para-hydroxylation sites is 1. The first-order chi connectivity index (χ1) is 15.5. The number of likely N-dealkylation sites (N-methyl/N-ethyl adjacent to an activating group) is 1. The summed E-state index contributed by atoms with van der Waals surface area (Å²) in [5, 5.41) is 3.08. The molecule has 32 heavy (non-hydrogen) atoms. The second-order valence-corrected chi connectivity index (χ2v) is 7.42. The minimum atomic E-state index is -0.828. The number of hydrogen-bond acceptors (Lipinski definition) is 4. The highest BCUT2D eigenvalue weighted by atomic mass is 35.5. The number of ether oxygens (including phenoxy) is 2. The van der Waals surface area contributed by atoms with E-state index in [0.717, 1.165) is 5.56 Å². The van der Waals surface area contributed by atoms with E-state index in [2.05, 4.69) is 5.32 Å². The molecular weight excluding hydrogens is 428 g/mol. The molecule has 0 radical (unpaired) electrons. The molecule has 1 unspecified atom stereocenters. The van der Waals surface area contributed by atoms with Gasteiger partial charge in [0, 0.05) is 13.6 Å². The first-order valence-corrected chi connectivity index (χ1v) is 10.5. The molecule has 0 bridgehead atoms. The molecule has 0 fully saturated rings. The number of rotatable bonds is 9. The van der Waals surface area contributed by atoms with E-state index in [4.69, 9.17) is 21.1 Å². The third kappa shape index (κ3) is 5.80. The van der Waals surface area contributed by atoms with Crippen LogP contribution in [0.3, 0.4) is 0 Å². The van der Waals surface area contributed by atoms with E-state index in [1.165, 1.54) is 4.90 Å². The Balaban J connectivity index is 1.91. The molecule has 0 aliphatic heterocycles. The topological polar surface area (TPSA) is 67.9 Å². The van der Waals surface area contributed by atoms with Gasteiger partial charge in [0.25, 0.3) is 5.91 Å². The zero-order valence-electron chi connectivity index (χ0n) is 18.0. The van der Waals surface area contributed by atoms with Gasteiger partial charge in [0.2, 0.25) is 5.91 Å². The smallest absolute Gasteiger partial charge is 0.261 e. The highest BCUT2D eigenvalue weighted by Crippen LogP contribution is 2.26. The highest BCUT2D eigenvalue weighted by Gasteiger charge is 2.31. The molecule has 0 aliphatic carbocycles. The first-order valence-electron chi connectivity index (χ1n) is 10.1. The number of carbonyl (C=O) groups is 2. The van der Waals surface area contributed by atoms with Gasteiger partial charge in [0.05, 0.1) is 12.1 Å². The molecule has 3 rings (SSSR count).